The highest BCUT2D eigenvalue weighted by molar-refractivity contribution is 7.99. The second-order valence-corrected chi connectivity index (χ2v) is 4.67. The van der Waals surface area contributed by atoms with Gasteiger partial charge >= 0.3 is 6.43 Å². The van der Waals surface area contributed by atoms with Gasteiger partial charge in [-0.15, -0.1) is 11.8 Å². The number of halogens is 2. The number of rotatable bonds is 2. The molecule has 1 heterocycles. The third-order valence-electron chi connectivity index (χ3n) is 2.47. The largest absolute Gasteiger partial charge is 0.344 e. The van der Waals surface area contributed by atoms with Crippen molar-refractivity contribution in [2.75, 3.05) is 5.75 Å². The highest BCUT2D eigenvalue weighted by atomic mass is 32.2. The van der Waals surface area contributed by atoms with Crippen molar-refractivity contribution >= 4 is 17.7 Å². The van der Waals surface area contributed by atoms with Gasteiger partial charge in [0.1, 0.15) is 0 Å². The SMILES string of the molecule is O=C(NC1CCSc2ccccc21)C(F)F. The van der Waals surface area contributed by atoms with Crippen LogP contribution < -0.4 is 5.32 Å². The van der Waals surface area contributed by atoms with Gasteiger partial charge in [0.2, 0.25) is 0 Å². The molecule has 16 heavy (non-hydrogen) atoms. The number of fused-ring (bicyclic) bond motifs is 1. The molecule has 0 spiro atoms. The van der Waals surface area contributed by atoms with E-state index < -0.39 is 12.3 Å². The minimum Gasteiger partial charge on any atom is -0.344 e. The van der Waals surface area contributed by atoms with Crippen LogP contribution in [0, 0.1) is 0 Å². The average Bonchev–Trinajstić information content (AvgIpc) is 2.29. The molecule has 0 bridgehead atoms. The maximum atomic E-state index is 12.1. The first-order valence-corrected chi connectivity index (χ1v) is 5.97. The summed E-state index contributed by atoms with van der Waals surface area (Å²) in [5, 5.41) is 2.37. The van der Waals surface area contributed by atoms with Gasteiger partial charge in [0, 0.05) is 10.6 Å². The molecule has 0 aromatic heterocycles. The minimum atomic E-state index is -2.94. The zero-order valence-electron chi connectivity index (χ0n) is 8.45. The Balaban J connectivity index is 2.16. The Morgan fingerprint density at radius 3 is 2.94 bits per heavy atom. The topological polar surface area (TPSA) is 29.1 Å². The maximum Gasteiger partial charge on any atom is 0.315 e. The van der Waals surface area contributed by atoms with Crippen LogP contribution >= 0.6 is 11.8 Å². The summed E-state index contributed by atoms with van der Waals surface area (Å²) in [5.74, 6) is -0.350. The van der Waals surface area contributed by atoms with Crippen LogP contribution in [-0.4, -0.2) is 18.1 Å². The standard InChI is InChI=1S/C11H11F2NOS/c12-10(13)11(15)14-8-5-6-16-9-4-2-1-3-7(8)9/h1-4,8,10H,5-6H2,(H,14,15). The van der Waals surface area contributed by atoms with Crippen LogP contribution in [0.2, 0.25) is 0 Å². The fraction of sp³-hybridized carbons (Fsp3) is 0.364. The molecule has 1 aliphatic heterocycles. The number of hydrogen-bond donors (Lipinski definition) is 1. The summed E-state index contributed by atoms with van der Waals surface area (Å²) in [6.07, 6.45) is -2.25. The Hall–Kier alpha value is -1.10. The van der Waals surface area contributed by atoms with Gasteiger partial charge in [0.05, 0.1) is 6.04 Å². The summed E-state index contributed by atoms with van der Waals surface area (Å²) in [4.78, 5) is 12.0. The van der Waals surface area contributed by atoms with E-state index in [9.17, 15) is 13.6 Å². The molecule has 0 fully saturated rings. The van der Waals surface area contributed by atoms with Gasteiger partial charge in [0.25, 0.3) is 5.91 Å². The highest BCUT2D eigenvalue weighted by Crippen LogP contribution is 2.35. The Kier molecular flexibility index (Phi) is 3.43. The zero-order chi connectivity index (χ0) is 11.5. The second-order valence-electron chi connectivity index (χ2n) is 3.54. The van der Waals surface area contributed by atoms with Gasteiger partial charge in [0.15, 0.2) is 0 Å². The van der Waals surface area contributed by atoms with Crippen molar-refractivity contribution < 1.29 is 13.6 Å². The Bertz CT molecular complexity index is 397. The van der Waals surface area contributed by atoms with E-state index in [1.807, 2.05) is 24.3 Å². The number of amides is 1. The van der Waals surface area contributed by atoms with Crippen LogP contribution in [0.25, 0.3) is 0 Å². The van der Waals surface area contributed by atoms with Crippen molar-refractivity contribution in [3.8, 4) is 0 Å². The molecule has 1 aliphatic rings. The van der Waals surface area contributed by atoms with E-state index >= 15 is 0 Å². The molecule has 86 valence electrons. The van der Waals surface area contributed by atoms with Gasteiger partial charge in [-0.2, -0.15) is 8.78 Å². The number of nitrogens with one attached hydrogen (secondary N) is 1. The van der Waals surface area contributed by atoms with E-state index in [-0.39, 0.29) is 6.04 Å². The van der Waals surface area contributed by atoms with Crippen LogP contribution in [0.5, 0.6) is 0 Å². The molecule has 1 N–H and O–H groups in total. The van der Waals surface area contributed by atoms with E-state index in [0.717, 1.165) is 16.2 Å². The number of alkyl halides is 2. The Morgan fingerprint density at radius 1 is 1.44 bits per heavy atom. The number of thioether (sulfide) groups is 1. The molecule has 0 saturated carbocycles. The third-order valence-corrected chi connectivity index (χ3v) is 3.60. The lowest BCUT2D eigenvalue weighted by molar-refractivity contribution is -0.132. The lowest BCUT2D eigenvalue weighted by atomic mass is 10.0. The molecule has 1 unspecified atom stereocenters. The number of benzene rings is 1. The van der Waals surface area contributed by atoms with Crippen molar-refractivity contribution in [2.24, 2.45) is 0 Å². The van der Waals surface area contributed by atoms with Crippen molar-refractivity contribution in [1.29, 1.82) is 0 Å². The normalized spacial score (nSPS) is 19.3. The van der Waals surface area contributed by atoms with E-state index in [1.54, 1.807) is 11.8 Å². The van der Waals surface area contributed by atoms with Crippen molar-refractivity contribution in [2.45, 2.75) is 23.8 Å². The summed E-state index contributed by atoms with van der Waals surface area (Å²) in [6.45, 7) is 0. The van der Waals surface area contributed by atoms with Gasteiger partial charge in [-0.3, -0.25) is 4.79 Å². The van der Waals surface area contributed by atoms with Gasteiger partial charge < -0.3 is 5.32 Å². The fourth-order valence-electron chi connectivity index (χ4n) is 1.73. The molecule has 0 radical (unpaired) electrons. The lowest BCUT2D eigenvalue weighted by Gasteiger charge is -2.25. The number of carbonyl (C=O) groups is 1. The molecule has 1 aromatic carbocycles. The van der Waals surface area contributed by atoms with Gasteiger partial charge in [-0.25, -0.2) is 0 Å². The molecule has 0 aliphatic carbocycles. The van der Waals surface area contributed by atoms with Crippen molar-refractivity contribution in [3.63, 3.8) is 0 Å². The number of hydrogen-bond acceptors (Lipinski definition) is 2. The molecule has 5 heteroatoms. The predicted molar refractivity (Wildman–Crippen MR) is 58.7 cm³/mol. The van der Waals surface area contributed by atoms with Crippen LogP contribution in [0.1, 0.15) is 18.0 Å². The Morgan fingerprint density at radius 2 is 2.19 bits per heavy atom. The highest BCUT2D eigenvalue weighted by Gasteiger charge is 2.25. The average molecular weight is 243 g/mol. The zero-order valence-corrected chi connectivity index (χ0v) is 9.27. The number of carbonyl (C=O) groups excluding carboxylic acids is 1. The smallest absolute Gasteiger partial charge is 0.315 e. The van der Waals surface area contributed by atoms with Crippen molar-refractivity contribution in [3.05, 3.63) is 29.8 Å². The fourth-order valence-corrected chi connectivity index (χ4v) is 2.85. The summed E-state index contributed by atoms with van der Waals surface area (Å²) in [7, 11) is 0. The maximum absolute atomic E-state index is 12.1. The van der Waals surface area contributed by atoms with Gasteiger partial charge in [-0.1, -0.05) is 18.2 Å². The quantitative estimate of drug-likeness (QED) is 0.865. The third kappa shape index (κ3) is 2.35. The van der Waals surface area contributed by atoms with Crippen LogP contribution in [0.15, 0.2) is 29.2 Å². The van der Waals surface area contributed by atoms with Crippen LogP contribution in [0.4, 0.5) is 8.78 Å². The van der Waals surface area contributed by atoms with E-state index in [0.29, 0.717) is 6.42 Å². The molecule has 1 atom stereocenters. The van der Waals surface area contributed by atoms with E-state index in [4.69, 9.17) is 0 Å². The van der Waals surface area contributed by atoms with Crippen LogP contribution in [0.3, 0.4) is 0 Å². The first-order chi connectivity index (χ1) is 7.68. The molecule has 1 amide bonds. The Labute approximate surface area is 96.4 Å². The van der Waals surface area contributed by atoms with Gasteiger partial charge in [-0.05, 0) is 18.1 Å². The first kappa shape index (κ1) is 11.4. The first-order valence-electron chi connectivity index (χ1n) is 4.98. The lowest BCUT2D eigenvalue weighted by Crippen LogP contribution is -2.34. The minimum absolute atomic E-state index is 0.279. The molecule has 0 saturated heterocycles. The molecule has 2 nitrogen and oxygen atoms in total. The summed E-state index contributed by atoms with van der Waals surface area (Å²) in [6, 6.07) is 7.30. The summed E-state index contributed by atoms with van der Waals surface area (Å²) in [5.41, 5.74) is 0.938. The molecule has 1 aromatic rings. The summed E-state index contributed by atoms with van der Waals surface area (Å²) < 4.78 is 24.3. The van der Waals surface area contributed by atoms with E-state index in [2.05, 4.69) is 5.32 Å². The molecule has 2 rings (SSSR count). The van der Waals surface area contributed by atoms with Crippen molar-refractivity contribution in [1.82, 2.24) is 5.32 Å². The van der Waals surface area contributed by atoms with E-state index in [1.165, 1.54) is 0 Å². The monoisotopic (exact) mass is 243 g/mol. The summed E-state index contributed by atoms with van der Waals surface area (Å²) >= 11 is 1.69. The second kappa shape index (κ2) is 4.82. The predicted octanol–water partition coefficient (Wildman–Crippen LogP) is 2.60. The molecular weight excluding hydrogens is 232 g/mol. The molecular formula is C11H11F2NOS. The van der Waals surface area contributed by atoms with Crippen LogP contribution in [-0.2, 0) is 4.79 Å².